The number of amides is 1. The van der Waals surface area contributed by atoms with Crippen LogP contribution >= 0.6 is 0 Å². The van der Waals surface area contributed by atoms with Crippen LogP contribution in [0.25, 0.3) is 0 Å². The van der Waals surface area contributed by atoms with Crippen molar-refractivity contribution in [3.05, 3.63) is 41.9 Å². The van der Waals surface area contributed by atoms with Gasteiger partial charge >= 0.3 is 5.97 Å². The Labute approximate surface area is 102 Å². The summed E-state index contributed by atoms with van der Waals surface area (Å²) in [5, 5.41) is 15.2. The summed E-state index contributed by atoms with van der Waals surface area (Å²) in [4.78, 5) is 26.2. The summed E-state index contributed by atoms with van der Waals surface area (Å²) in [6.45, 7) is 0. The number of anilines is 1. The van der Waals surface area contributed by atoms with Crippen LogP contribution in [0, 0.1) is 0 Å². The van der Waals surface area contributed by atoms with Gasteiger partial charge in [0, 0.05) is 13.2 Å². The highest BCUT2D eigenvalue weighted by atomic mass is 16.4. The molecule has 0 fully saturated rings. The summed E-state index contributed by atoms with van der Waals surface area (Å²) in [5.74, 6) is -1.42. The van der Waals surface area contributed by atoms with E-state index in [9.17, 15) is 9.59 Å². The molecule has 0 spiro atoms. The average molecular weight is 246 g/mol. The number of aromatic nitrogens is 3. The number of rotatable bonds is 3. The molecule has 0 unspecified atom stereocenters. The number of aryl methyl sites for hydroxylation is 1. The molecule has 0 saturated carbocycles. The summed E-state index contributed by atoms with van der Waals surface area (Å²) in [5.41, 5.74) is 0.105. The molecular weight excluding hydrogens is 236 g/mol. The SMILES string of the molecule is Cn1ccc(C(=O)Nc2cccc(C(=O)O)n2)n1. The van der Waals surface area contributed by atoms with Crippen molar-refractivity contribution in [2.45, 2.75) is 0 Å². The smallest absolute Gasteiger partial charge is 0.354 e. The molecule has 2 aromatic heterocycles. The number of carbonyl (C=O) groups excluding carboxylic acids is 1. The van der Waals surface area contributed by atoms with Crippen molar-refractivity contribution < 1.29 is 14.7 Å². The van der Waals surface area contributed by atoms with Crippen molar-refractivity contribution in [3.8, 4) is 0 Å². The van der Waals surface area contributed by atoms with E-state index in [0.29, 0.717) is 0 Å². The van der Waals surface area contributed by atoms with Gasteiger partial charge in [-0.05, 0) is 18.2 Å². The maximum Gasteiger partial charge on any atom is 0.354 e. The predicted molar refractivity (Wildman–Crippen MR) is 62.4 cm³/mol. The lowest BCUT2D eigenvalue weighted by molar-refractivity contribution is 0.0690. The lowest BCUT2D eigenvalue weighted by Gasteiger charge is -2.02. The Bertz CT molecular complexity index is 606. The first kappa shape index (κ1) is 11.8. The summed E-state index contributed by atoms with van der Waals surface area (Å²) < 4.78 is 1.50. The van der Waals surface area contributed by atoms with Crippen LogP contribution < -0.4 is 5.32 Å². The van der Waals surface area contributed by atoms with E-state index in [-0.39, 0.29) is 17.2 Å². The van der Waals surface area contributed by atoms with Crippen molar-refractivity contribution in [2.75, 3.05) is 5.32 Å². The van der Waals surface area contributed by atoms with E-state index in [1.165, 1.54) is 22.9 Å². The van der Waals surface area contributed by atoms with Crippen LogP contribution in [0.3, 0.4) is 0 Å². The first-order valence-corrected chi connectivity index (χ1v) is 5.07. The molecule has 92 valence electrons. The Morgan fingerprint density at radius 2 is 2.06 bits per heavy atom. The van der Waals surface area contributed by atoms with Crippen LogP contribution in [0.5, 0.6) is 0 Å². The van der Waals surface area contributed by atoms with Crippen LogP contribution in [-0.2, 0) is 7.05 Å². The van der Waals surface area contributed by atoms with Gasteiger partial charge in [-0.15, -0.1) is 0 Å². The summed E-state index contributed by atoms with van der Waals surface area (Å²) in [6.07, 6.45) is 1.63. The second-order valence-electron chi connectivity index (χ2n) is 3.54. The number of hydrogen-bond acceptors (Lipinski definition) is 4. The highest BCUT2D eigenvalue weighted by molar-refractivity contribution is 6.02. The number of nitrogens with one attached hydrogen (secondary N) is 1. The normalized spacial score (nSPS) is 10.1. The zero-order valence-electron chi connectivity index (χ0n) is 9.49. The molecule has 2 rings (SSSR count). The molecule has 0 aliphatic rings. The molecule has 2 N–H and O–H groups in total. The van der Waals surface area contributed by atoms with Crippen LogP contribution in [0.4, 0.5) is 5.82 Å². The number of aromatic carboxylic acids is 1. The van der Waals surface area contributed by atoms with Gasteiger partial charge in [0.25, 0.3) is 5.91 Å². The zero-order valence-corrected chi connectivity index (χ0v) is 9.49. The monoisotopic (exact) mass is 246 g/mol. The number of carboxylic acids is 1. The van der Waals surface area contributed by atoms with E-state index >= 15 is 0 Å². The van der Waals surface area contributed by atoms with E-state index in [2.05, 4.69) is 15.4 Å². The molecule has 0 aliphatic heterocycles. The van der Waals surface area contributed by atoms with Crippen LogP contribution in [0.2, 0.25) is 0 Å². The molecule has 0 atom stereocenters. The van der Waals surface area contributed by atoms with E-state index in [1.807, 2.05) is 0 Å². The number of hydrogen-bond donors (Lipinski definition) is 2. The van der Waals surface area contributed by atoms with Crippen molar-refractivity contribution in [3.63, 3.8) is 0 Å². The molecule has 2 heterocycles. The average Bonchev–Trinajstić information content (AvgIpc) is 2.76. The maximum absolute atomic E-state index is 11.7. The second-order valence-corrected chi connectivity index (χ2v) is 3.54. The van der Waals surface area contributed by atoms with Gasteiger partial charge in [0.1, 0.15) is 5.82 Å². The molecule has 7 heteroatoms. The minimum atomic E-state index is -1.15. The van der Waals surface area contributed by atoms with Crippen molar-refractivity contribution in [1.82, 2.24) is 14.8 Å². The van der Waals surface area contributed by atoms with Crippen molar-refractivity contribution in [1.29, 1.82) is 0 Å². The fourth-order valence-electron chi connectivity index (χ4n) is 1.34. The first-order valence-electron chi connectivity index (χ1n) is 5.07. The third-order valence-electron chi connectivity index (χ3n) is 2.16. The predicted octanol–water partition coefficient (Wildman–Crippen LogP) is 0.766. The molecule has 0 aliphatic carbocycles. The van der Waals surface area contributed by atoms with Crippen molar-refractivity contribution >= 4 is 17.7 Å². The fourth-order valence-corrected chi connectivity index (χ4v) is 1.34. The molecule has 2 aromatic rings. The zero-order chi connectivity index (χ0) is 13.1. The van der Waals surface area contributed by atoms with Gasteiger partial charge in [0.15, 0.2) is 11.4 Å². The fraction of sp³-hybridized carbons (Fsp3) is 0.0909. The molecule has 1 amide bonds. The number of carbonyl (C=O) groups is 2. The highest BCUT2D eigenvalue weighted by Gasteiger charge is 2.11. The maximum atomic E-state index is 11.7. The molecule has 0 aromatic carbocycles. The second kappa shape index (κ2) is 4.66. The van der Waals surface area contributed by atoms with Gasteiger partial charge < -0.3 is 10.4 Å². The minimum absolute atomic E-state index is 0.131. The van der Waals surface area contributed by atoms with Crippen LogP contribution in [-0.4, -0.2) is 31.7 Å². The van der Waals surface area contributed by atoms with Gasteiger partial charge in [0.2, 0.25) is 0 Å². The summed E-state index contributed by atoms with van der Waals surface area (Å²) in [6, 6.07) is 5.91. The van der Waals surface area contributed by atoms with E-state index in [4.69, 9.17) is 5.11 Å². The first-order chi connectivity index (χ1) is 8.56. The Kier molecular flexibility index (Phi) is 3.05. The van der Waals surface area contributed by atoms with Gasteiger partial charge in [-0.2, -0.15) is 5.10 Å². The topological polar surface area (TPSA) is 97.1 Å². The molecule has 0 bridgehead atoms. The van der Waals surface area contributed by atoms with E-state index in [0.717, 1.165) is 0 Å². The van der Waals surface area contributed by atoms with Gasteiger partial charge in [-0.25, -0.2) is 9.78 Å². The Hall–Kier alpha value is -2.70. The van der Waals surface area contributed by atoms with Gasteiger partial charge in [0.05, 0.1) is 0 Å². The van der Waals surface area contributed by atoms with Crippen molar-refractivity contribution in [2.24, 2.45) is 7.05 Å². The Morgan fingerprint density at radius 3 is 2.67 bits per heavy atom. The summed E-state index contributed by atoms with van der Waals surface area (Å²) >= 11 is 0. The molecule has 18 heavy (non-hydrogen) atoms. The lowest BCUT2D eigenvalue weighted by Crippen LogP contribution is -2.15. The lowest BCUT2D eigenvalue weighted by atomic mass is 10.3. The quantitative estimate of drug-likeness (QED) is 0.833. The number of pyridine rings is 1. The molecule has 0 radical (unpaired) electrons. The van der Waals surface area contributed by atoms with E-state index in [1.54, 1.807) is 19.3 Å². The summed E-state index contributed by atoms with van der Waals surface area (Å²) in [7, 11) is 1.69. The van der Waals surface area contributed by atoms with Gasteiger partial charge in [-0.1, -0.05) is 6.07 Å². The standard InChI is InChI=1S/C11H10N4O3/c1-15-6-5-7(14-15)10(16)13-9-4-2-3-8(12-9)11(17)18/h2-6H,1H3,(H,17,18)(H,12,13,16). The Morgan fingerprint density at radius 1 is 1.28 bits per heavy atom. The number of carboxylic acid groups (broad SMARTS) is 1. The highest BCUT2D eigenvalue weighted by Crippen LogP contribution is 2.06. The molecule has 7 nitrogen and oxygen atoms in total. The largest absolute Gasteiger partial charge is 0.477 e. The van der Waals surface area contributed by atoms with Gasteiger partial charge in [-0.3, -0.25) is 9.48 Å². The number of nitrogens with zero attached hydrogens (tertiary/aromatic N) is 3. The molecular formula is C11H10N4O3. The Balaban J connectivity index is 2.16. The third kappa shape index (κ3) is 2.51. The minimum Gasteiger partial charge on any atom is -0.477 e. The van der Waals surface area contributed by atoms with E-state index < -0.39 is 11.9 Å². The van der Waals surface area contributed by atoms with Crippen LogP contribution in [0.1, 0.15) is 21.0 Å². The van der Waals surface area contributed by atoms with Crippen LogP contribution in [0.15, 0.2) is 30.5 Å². The molecule has 0 saturated heterocycles. The third-order valence-corrected chi connectivity index (χ3v) is 2.16.